The van der Waals surface area contributed by atoms with Crippen LogP contribution in [0.2, 0.25) is 5.02 Å². The molecule has 1 saturated heterocycles. The molecule has 4 rings (SSSR count). The molecule has 0 amide bonds. The highest BCUT2D eigenvalue weighted by atomic mass is 35.5. The SMILES string of the molecule is OCC1OC(c2ccc(Cl)c(Cc3ccc(-c4cnccn4)s3)c2)[C@H](O)C(O)C1O. The Labute approximate surface area is 182 Å². The van der Waals surface area contributed by atoms with Gasteiger partial charge in [-0.3, -0.25) is 9.97 Å². The predicted octanol–water partition coefficient (Wildman–Crippen LogP) is 1.96. The van der Waals surface area contributed by atoms with Gasteiger partial charge in [0.2, 0.25) is 0 Å². The van der Waals surface area contributed by atoms with E-state index in [1.807, 2.05) is 18.2 Å². The van der Waals surface area contributed by atoms with Crippen molar-refractivity contribution in [3.63, 3.8) is 0 Å². The van der Waals surface area contributed by atoms with Crippen molar-refractivity contribution < 1.29 is 25.2 Å². The molecule has 1 aliphatic rings. The van der Waals surface area contributed by atoms with Crippen LogP contribution in [0.25, 0.3) is 10.6 Å². The maximum Gasteiger partial charge on any atom is 0.113 e. The Bertz CT molecular complexity index is 1000. The monoisotopic (exact) mass is 448 g/mol. The molecule has 0 radical (unpaired) electrons. The summed E-state index contributed by atoms with van der Waals surface area (Å²) in [7, 11) is 0. The highest BCUT2D eigenvalue weighted by Crippen LogP contribution is 2.35. The number of benzene rings is 1. The summed E-state index contributed by atoms with van der Waals surface area (Å²) < 4.78 is 5.66. The normalized spacial score (nSPS) is 26.6. The number of hydrogen-bond donors (Lipinski definition) is 4. The number of halogens is 1. The largest absolute Gasteiger partial charge is 0.394 e. The van der Waals surface area contributed by atoms with Crippen LogP contribution in [-0.4, -0.2) is 61.4 Å². The van der Waals surface area contributed by atoms with Gasteiger partial charge in [0.1, 0.15) is 30.5 Å². The van der Waals surface area contributed by atoms with Crippen LogP contribution in [0.4, 0.5) is 0 Å². The van der Waals surface area contributed by atoms with Gasteiger partial charge in [-0.1, -0.05) is 23.7 Å². The van der Waals surface area contributed by atoms with Crippen molar-refractivity contribution in [3.8, 4) is 10.6 Å². The topological polar surface area (TPSA) is 116 Å². The van der Waals surface area contributed by atoms with E-state index in [0.717, 1.165) is 21.0 Å². The van der Waals surface area contributed by atoms with Gasteiger partial charge < -0.3 is 25.2 Å². The van der Waals surface area contributed by atoms with Crippen molar-refractivity contribution in [2.24, 2.45) is 0 Å². The molecule has 0 aliphatic carbocycles. The molecule has 0 saturated carbocycles. The van der Waals surface area contributed by atoms with Crippen molar-refractivity contribution in [1.82, 2.24) is 9.97 Å². The van der Waals surface area contributed by atoms with Crippen LogP contribution in [-0.2, 0) is 11.2 Å². The maximum atomic E-state index is 10.4. The van der Waals surface area contributed by atoms with E-state index in [9.17, 15) is 20.4 Å². The molecule has 4 N–H and O–H groups in total. The van der Waals surface area contributed by atoms with E-state index in [2.05, 4.69) is 9.97 Å². The van der Waals surface area contributed by atoms with Crippen LogP contribution < -0.4 is 0 Å². The molecular weight excluding hydrogens is 428 g/mol. The van der Waals surface area contributed by atoms with Gasteiger partial charge in [0.05, 0.1) is 23.4 Å². The zero-order chi connectivity index (χ0) is 21.3. The van der Waals surface area contributed by atoms with Crippen molar-refractivity contribution in [2.75, 3.05) is 6.61 Å². The average molecular weight is 449 g/mol. The van der Waals surface area contributed by atoms with Crippen molar-refractivity contribution in [1.29, 1.82) is 0 Å². The lowest BCUT2D eigenvalue weighted by atomic mass is 9.90. The summed E-state index contributed by atoms with van der Waals surface area (Å²) in [5.41, 5.74) is 2.24. The Hall–Kier alpha value is -1.91. The van der Waals surface area contributed by atoms with Crippen molar-refractivity contribution >= 4 is 22.9 Å². The molecule has 1 fully saturated rings. The molecule has 0 spiro atoms. The number of rotatable bonds is 5. The predicted molar refractivity (Wildman–Crippen MR) is 112 cm³/mol. The molecule has 7 nitrogen and oxygen atoms in total. The highest BCUT2D eigenvalue weighted by molar-refractivity contribution is 7.15. The Kier molecular flexibility index (Phi) is 6.45. The minimum absolute atomic E-state index is 0.470. The minimum atomic E-state index is -1.42. The first kappa shape index (κ1) is 21.3. The second-order valence-electron chi connectivity index (χ2n) is 7.13. The molecule has 4 unspecified atom stereocenters. The average Bonchev–Trinajstić information content (AvgIpc) is 3.23. The Balaban J connectivity index is 1.57. The summed E-state index contributed by atoms with van der Waals surface area (Å²) in [6.45, 7) is -0.470. The molecular formula is C21H21ClN2O5S. The first-order chi connectivity index (χ1) is 14.5. The molecule has 30 heavy (non-hydrogen) atoms. The summed E-state index contributed by atoms with van der Waals surface area (Å²) in [6, 6.07) is 9.23. The van der Waals surface area contributed by atoms with E-state index in [1.165, 1.54) is 0 Å². The number of hydrogen-bond acceptors (Lipinski definition) is 8. The lowest BCUT2D eigenvalue weighted by Crippen LogP contribution is -2.55. The van der Waals surface area contributed by atoms with Gasteiger partial charge in [0.25, 0.3) is 0 Å². The van der Waals surface area contributed by atoms with Crippen LogP contribution in [0, 0.1) is 0 Å². The molecule has 2 aromatic heterocycles. The van der Waals surface area contributed by atoms with Crippen LogP contribution in [0.15, 0.2) is 48.9 Å². The number of thiophene rings is 1. The fourth-order valence-electron chi connectivity index (χ4n) is 3.51. The van der Waals surface area contributed by atoms with Gasteiger partial charge in [-0.25, -0.2) is 0 Å². The number of aliphatic hydroxyl groups is 4. The lowest BCUT2D eigenvalue weighted by Gasteiger charge is -2.40. The first-order valence-corrected chi connectivity index (χ1v) is 10.6. The van der Waals surface area contributed by atoms with Crippen LogP contribution >= 0.6 is 22.9 Å². The van der Waals surface area contributed by atoms with E-state index >= 15 is 0 Å². The number of aliphatic hydroxyl groups excluding tert-OH is 4. The zero-order valence-electron chi connectivity index (χ0n) is 15.8. The standard InChI is InChI=1S/C21H21ClN2O5S/c22-14-3-1-11(21-20(28)19(27)18(26)16(10-25)29-21)7-12(14)8-13-2-4-17(30-13)15-9-23-5-6-24-15/h1-7,9,16,18-21,25-28H,8,10H2/t16?,18?,19?,20-,21?/m1/s1. The molecule has 1 aromatic carbocycles. The lowest BCUT2D eigenvalue weighted by molar-refractivity contribution is -0.231. The quantitative estimate of drug-likeness (QED) is 0.471. The summed E-state index contributed by atoms with van der Waals surface area (Å²) in [6.07, 6.45) is -0.448. The third kappa shape index (κ3) is 4.26. The van der Waals surface area contributed by atoms with Crippen LogP contribution in [0.5, 0.6) is 0 Å². The van der Waals surface area contributed by atoms with E-state index in [-0.39, 0.29) is 0 Å². The molecule has 3 heterocycles. The fourth-order valence-corrected chi connectivity index (χ4v) is 4.69. The number of ether oxygens (including phenoxy) is 1. The number of aromatic nitrogens is 2. The van der Waals surface area contributed by atoms with E-state index in [4.69, 9.17) is 16.3 Å². The third-order valence-electron chi connectivity index (χ3n) is 5.13. The highest BCUT2D eigenvalue weighted by Gasteiger charge is 2.44. The molecule has 5 atom stereocenters. The van der Waals surface area contributed by atoms with Gasteiger partial charge in [0.15, 0.2) is 0 Å². The van der Waals surface area contributed by atoms with E-state index < -0.39 is 37.1 Å². The second-order valence-corrected chi connectivity index (χ2v) is 8.71. The minimum Gasteiger partial charge on any atom is -0.394 e. The molecule has 3 aromatic rings. The van der Waals surface area contributed by atoms with Gasteiger partial charge >= 0.3 is 0 Å². The summed E-state index contributed by atoms with van der Waals surface area (Å²) in [4.78, 5) is 10.5. The smallest absolute Gasteiger partial charge is 0.113 e. The van der Waals surface area contributed by atoms with E-state index in [0.29, 0.717) is 17.0 Å². The molecule has 158 valence electrons. The first-order valence-electron chi connectivity index (χ1n) is 9.42. The Morgan fingerprint density at radius 1 is 1.03 bits per heavy atom. The summed E-state index contributed by atoms with van der Waals surface area (Å²) in [5, 5.41) is 40.4. The fraction of sp³-hybridized carbons (Fsp3) is 0.333. The van der Waals surface area contributed by atoms with Gasteiger partial charge in [-0.05, 0) is 29.3 Å². The maximum absolute atomic E-state index is 10.4. The van der Waals surface area contributed by atoms with Gasteiger partial charge in [0, 0.05) is 28.7 Å². The zero-order valence-corrected chi connectivity index (χ0v) is 17.4. The van der Waals surface area contributed by atoms with E-state index in [1.54, 1.807) is 42.1 Å². The van der Waals surface area contributed by atoms with Crippen LogP contribution in [0.3, 0.4) is 0 Å². The summed E-state index contributed by atoms with van der Waals surface area (Å²) >= 11 is 7.99. The molecule has 1 aliphatic heterocycles. The molecule has 0 bridgehead atoms. The number of nitrogens with zero attached hydrogens (tertiary/aromatic N) is 2. The third-order valence-corrected chi connectivity index (χ3v) is 6.61. The summed E-state index contributed by atoms with van der Waals surface area (Å²) in [5.74, 6) is 0. The molecule has 9 heteroatoms. The second kappa shape index (κ2) is 9.07. The van der Waals surface area contributed by atoms with Crippen molar-refractivity contribution in [3.05, 3.63) is 69.9 Å². The Morgan fingerprint density at radius 3 is 2.60 bits per heavy atom. The Morgan fingerprint density at radius 2 is 1.87 bits per heavy atom. The van der Waals surface area contributed by atoms with Gasteiger partial charge in [-0.2, -0.15) is 0 Å². The van der Waals surface area contributed by atoms with Gasteiger partial charge in [-0.15, -0.1) is 11.3 Å². The van der Waals surface area contributed by atoms with Crippen molar-refractivity contribution in [2.45, 2.75) is 36.9 Å². The van der Waals surface area contributed by atoms with Crippen LogP contribution in [0.1, 0.15) is 22.1 Å².